The number of carbonyl (C=O) groups excluding carboxylic acids is 2. The lowest BCUT2D eigenvalue weighted by molar-refractivity contribution is -0.118. The third-order valence-corrected chi connectivity index (χ3v) is 6.12. The molecule has 3 rings (SSSR count). The number of benzene rings is 2. The standard InChI is InChI=1S/C22H26N4O6S/c1-25-18-10-9-16(13-19(18)26(2)22(25)29)23-20(27)17(11-12-33(3,30)31)24-21(28)32-14-15-7-5-4-6-8-15/h4-10,13,17H,11-12,14H2,1-3H3,(H,23,27)(H,24,28). The summed E-state index contributed by atoms with van der Waals surface area (Å²) in [5.74, 6) is -0.897. The number of carbonyl (C=O) groups is 2. The number of alkyl carbamates (subject to hydrolysis) is 1. The Labute approximate surface area is 191 Å². The van der Waals surface area contributed by atoms with Gasteiger partial charge in [-0.15, -0.1) is 0 Å². The van der Waals surface area contributed by atoms with Gasteiger partial charge in [0, 0.05) is 26.0 Å². The lowest BCUT2D eigenvalue weighted by Crippen LogP contribution is -2.45. The maximum Gasteiger partial charge on any atom is 0.408 e. The predicted octanol–water partition coefficient (Wildman–Crippen LogP) is 1.55. The van der Waals surface area contributed by atoms with E-state index in [-0.39, 0.29) is 24.5 Å². The number of sulfone groups is 1. The number of amides is 2. The quantitative estimate of drug-likeness (QED) is 0.510. The molecule has 0 spiro atoms. The molecule has 0 fully saturated rings. The molecule has 0 radical (unpaired) electrons. The van der Waals surface area contributed by atoms with Gasteiger partial charge in [0.25, 0.3) is 0 Å². The highest BCUT2D eigenvalue weighted by Crippen LogP contribution is 2.18. The normalized spacial score (nSPS) is 12.3. The van der Waals surface area contributed by atoms with Gasteiger partial charge in [-0.25, -0.2) is 18.0 Å². The molecule has 2 aromatic carbocycles. The number of fused-ring (bicyclic) bond motifs is 1. The van der Waals surface area contributed by atoms with Crippen molar-refractivity contribution in [2.45, 2.75) is 19.1 Å². The number of aromatic nitrogens is 2. The van der Waals surface area contributed by atoms with Crippen LogP contribution in [0.25, 0.3) is 11.0 Å². The summed E-state index contributed by atoms with van der Waals surface area (Å²) in [7, 11) is -0.0975. The van der Waals surface area contributed by atoms with E-state index in [4.69, 9.17) is 4.74 Å². The molecule has 11 heteroatoms. The molecule has 1 atom stereocenters. The van der Waals surface area contributed by atoms with Crippen LogP contribution in [0, 0.1) is 0 Å². The summed E-state index contributed by atoms with van der Waals surface area (Å²) in [5, 5.41) is 5.12. The molecule has 2 amide bonds. The van der Waals surface area contributed by atoms with Crippen molar-refractivity contribution in [3.8, 4) is 0 Å². The van der Waals surface area contributed by atoms with E-state index in [2.05, 4.69) is 10.6 Å². The molecular weight excluding hydrogens is 448 g/mol. The van der Waals surface area contributed by atoms with Crippen LogP contribution in [0.5, 0.6) is 0 Å². The van der Waals surface area contributed by atoms with Crippen LogP contribution in [0.4, 0.5) is 10.5 Å². The molecular formula is C22H26N4O6S. The molecule has 0 saturated heterocycles. The summed E-state index contributed by atoms with van der Waals surface area (Å²) in [4.78, 5) is 37.3. The molecule has 0 bridgehead atoms. The number of ether oxygens (including phenoxy) is 1. The highest BCUT2D eigenvalue weighted by molar-refractivity contribution is 7.90. The number of nitrogens with one attached hydrogen (secondary N) is 2. The fourth-order valence-corrected chi connectivity index (χ4v) is 3.99. The van der Waals surface area contributed by atoms with Crippen molar-refractivity contribution in [3.05, 3.63) is 64.6 Å². The smallest absolute Gasteiger partial charge is 0.408 e. The van der Waals surface area contributed by atoms with Gasteiger partial charge in [-0.05, 0) is 30.2 Å². The third kappa shape index (κ3) is 6.22. The molecule has 33 heavy (non-hydrogen) atoms. The van der Waals surface area contributed by atoms with E-state index < -0.39 is 27.9 Å². The Kier molecular flexibility index (Phi) is 7.22. The van der Waals surface area contributed by atoms with E-state index in [9.17, 15) is 22.8 Å². The second-order valence-corrected chi connectivity index (χ2v) is 10.0. The lowest BCUT2D eigenvalue weighted by Gasteiger charge is -2.18. The van der Waals surface area contributed by atoms with E-state index in [0.29, 0.717) is 16.7 Å². The van der Waals surface area contributed by atoms with E-state index in [0.717, 1.165) is 11.8 Å². The number of anilines is 1. The zero-order valence-corrected chi connectivity index (χ0v) is 19.4. The van der Waals surface area contributed by atoms with Crippen LogP contribution in [-0.4, -0.2) is 47.6 Å². The molecule has 176 valence electrons. The first kappa shape index (κ1) is 24.1. The predicted molar refractivity (Wildman–Crippen MR) is 125 cm³/mol. The van der Waals surface area contributed by atoms with Gasteiger partial charge in [0.1, 0.15) is 22.5 Å². The first-order valence-corrected chi connectivity index (χ1v) is 12.2. The fraction of sp³-hybridized carbons (Fsp3) is 0.318. The Morgan fingerprint density at radius 1 is 1.03 bits per heavy atom. The number of hydrogen-bond acceptors (Lipinski definition) is 6. The lowest BCUT2D eigenvalue weighted by atomic mass is 10.2. The molecule has 1 aromatic heterocycles. The molecule has 0 aliphatic carbocycles. The Bertz CT molecular complexity index is 1330. The Balaban J connectivity index is 1.73. The zero-order chi connectivity index (χ0) is 24.2. The number of hydrogen-bond donors (Lipinski definition) is 2. The second kappa shape index (κ2) is 9.90. The van der Waals surface area contributed by atoms with Gasteiger partial charge in [-0.3, -0.25) is 13.9 Å². The maximum absolute atomic E-state index is 12.9. The van der Waals surface area contributed by atoms with Crippen molar-refractivity contribution < 1.29 is 22.7 Å². The van der Waals surface area contributed by atoms with Crippen molar-refractivity contribution in [1.29, 1.82) is 0 Å². The van der Waals surface area contributed by atoms with Crippen LogP contribution in [0.2, 0.25) is 0 Å². The van der Waals surface area contributed by atoms with Gasteiger partial charge in [0.2, 0.25) is 5.91 Å². The van der Waals surface area contributed by atoms with Crippen molar-refractivity contribution >= 4 is 38.6 Å². The summed E-state index contributed by atoms with van der Waals surface area (Å²) in [6.07, 6.45) is 0.0879. The molecule has 10 nitrogen and oxygen atoms in total. The van der Waals surface area contributed by atoms with Crippen LogP contribution < -0.4 is 16.3 Å². The van der Waals surface area contributed by atoms with E-state index >= 15 is 0 Å². The average molecular weight is 475 g/mol. The van der Waals surface area contributed by atoms with Gasteiger partial charge in [0.05, 0.1) is 16.8 Å². The molecule has 0 aliphatic rings. The SMILES string of the molecule is Cn1c(=O)n(C)c2cc(NC(=O)C(CCS(C)(=O)=O)NC(=O)OCc3ccccc3)ccc21. The van der Waals surface area contributed by atoms with Crippen LogP contribution in [0.1, 0.15) is 12.0 Å². The van der Waals surface area contributed by atoms with E-state index in [1.165, 1.54) is 9.13 Å². The highest BCUT2D eigenvalue weighted by atomic mass is 32.2. The van der Waals surface area contributed by atoms with Gasteiger partial charge < -0.3 is 15.4 Å². The Morgan fingerprint density at radius 2 is 1.70 bits per heavy atom. The van der Waals surface area contributed by atoms with Crippen molar-refractivity contribution in [2.24, 2.45) is 14.1 Å². The Hall–Kier alpha value is -3.60. The van der Waals surface area contributed by atoms with Gasteiger partial charge in [-0.1, -0.05) is 30.3 Å². The van der Waals surface area contributed by atoms with Crippen LogP contribution in [0.3, 0.4) is 0 Å². The summed E-state index contributed by atoms with van der Waals surface area (Å²) >= 11 is 0. The van der Waals surface area contributed by atoms with E-state index in [1.807, 2.05) is 6.07 Å². The summed E-state index contributed by atoms with van der Waals surface area (Å²) in [5.41, 5.74) is 2.27. The largest absolute Gasteiger partial charge is 0.445 e. The van der Waals surface area contributed by atoms with Crippen molar-refractivity contribution in [2.75, 3.05) is 17.3 Å². The molecule has 3 aromatic rings. The van der Waals surface area contributed by atoms with Crippen LogP contribution in [0.15, 0.2) is 53.3 Å². The summed E-state index contributed by atoms with van der Waals surface area (Å²) < 4.78 is 31.3. The van der Waals surface area contributed by atoms with Gasteiger partial charge >= 0.3 is 11.8 Å². The third-order valence-electron chi connectivity index (χ3n) is 5.14. The minimum atomic E-state index is -3.37. The number of aryl methyl sites for hydroxylation is 2. The fourth-order valence-electron chi connectivity index (χ4n) is 3.32. The summed E-state index contributed by atoms with van der Waals surface area (Å²) in [6, 6.07) is 12.8. The first-order chi connectivity index (χ1) is 15.5. The molecule has 0 aliphatic heterocycles. The molecule has 1 heterocycles. The van der Waals surface area contributed by atoms with E-state index in [1.54, 1.807) is 56.6 Å². The van der Waals surface area contributed by atoms with Gasteiger partial charge in [0.15, 0.2) is 0 Å². The minimum Gasteiger partial charge on any atom is -0.445 e. The number of nitrogens with zero attached hydrogens (tertiary/aromatic N) is 2. The topological polar surface area (TPSA) is 128 Å². The number of imidazole rings is 1. The average Bonchev–Trinajstić information content (AvgIpc) is 2.99. The first-order valence-electron chi connectivity index (χ1n) is 10.2. The van der Waals surface area contributed by atoms with Crippen LogP contribution >= 0.6 is 0 Å². The molecule has 2 N–H and O–H groups in total. The second-order valence-electron chi connectivity index (χ2n) is 7.77. The minimum absolute atomic E-state index is 0.00575. The molecule has 1 unspecified atom stereocenters. The molecule has 0 saturated carbocycles. The Morgan fingerprint density at radius 3 is 2.36 bits per heavy atom. The van der Waals surface area contributed by atoms with Crippen molar-refractivity contribution in [3.63, 3.8) is 0 Å². The van der Waals surface area contributed by atoms with Crippen molar-refractivity contribution in [1.82, 2.24) is 14.5 Å². The highest BCUT2D eigenvalue weighted by Gasteiger charge is 2.24. The number of rotatable bonds is 8. The van der Waals surface area contributed by atoms with Crippen LogP contribution in [-0.2, 0) is 40.1 Å². The van der Waals surface area contributed by atoms with Gasteiger partial charge in [-0.2, -0.15) is 0 Å². The monoisotopic (exact) mass is 474 g/mol. The maximum atomic E-state index is 12.9. The summed E-state index contributed by atoms with van der Waals surface area (Å²) in [6.45, 7) is 0.00575. The zero-order valence-electron chi connectivity index (χ0n) is 18.6.